The van der Waals surface area contributed by atoms with E-state index in [1.54, 1.807) is 0 Å². The first-order valence-corrected chi connectivity index (χ1v) is 12.0. The zero-order valence-electron chi connectivity index (χ0n) is 17.2. The van der Waals surface area contributed by atoms with Crippen molar-refractivity contribution in [3.8, 4) is 0 Å². The van der Waals surface area contributed by atoms with E-state index in [1.165, 1.54) is 17.3 Å². The molecule has 2 aliphatic heterocycles. The molecule has 7 heteroatoms. The van der Waals surface area contributed by atoms with Gasteiger partial charge in [-0.25, -0.2) is 4.98 Å². The highest BCUT2D eigenvalue weighted by Gasteiger charge is 2.27. The first-order chi connectivity index (χ1) is 15.2. The Morgan fingerprint density at radius 3 is 2.94 bits per heavy atom. The van der Waals surface area contributed by atoms with Gasteiger partial charge >= 0.3 is 0 Å². The summed E-state index contributed by atoms with van der Waals surface area (Å²) in [5.74, 6) is 0.483. The second-order valence-electron chi connectivity index (χ2n) is 8.19. The van der Waals surface area contributed by atoms with Crippen molar-refractivity contribution in [3.63, 3.8) is 0 Å². The van der Waals surface area contributed by atoms with Crippen molar-refractivity contribution in [3.05, 3.63) is 69.8 Å². The van der Waals surface area contributed by atoms with Gasteiger partial charge in [-0.3, -0.25) is 9.20 Å². The summed E-state index contributed by atoms with van der Waals surface area (Å²) in [6.07, 6.45) is 7.74. The van der Waals surface area contributed by atoms with Crippen LogP contribution in [0.5, 0.6) is 0 Å². The lowest BCUT2D eigenvalue weighted by molar-refractivity contribution is -0.117. The van der Waals surface area contributed by atoms with E-state index in [2.05, 4.69) is 26.1 Å². The third-order valence-electron chi connectivity index (χ3n) is 6.14. The molecule has 1 unspecified atom stereocenters. The number of rotatable bonds is 6. The number of nitrogens with one attached hydrogen (secondary N) is 2. The standard InChI is InChI=1S/C24H25ClN4OS/c25-18-4-1-3-16(13-18)7-8-20(17-9-11-26-12-10-17)28-24(30)21-14-19-15-27-22-5-2-6-23(31-21)29(19)22/h1-6,13-15,17,20,26H,7-12H2,(H,28,30). The molecule has 1 atom stereocenters. The van der Waals surface area contributed by atoms with Crippen LogP contribution in [0.25, 0.3) is 11.7 Å². The number of nitrogens with zero attached hydrogens (tertiary/aromatic N) is 2. The van der Waals surface area contributed by atoms with E-state index in [1.807, 2.05) is 48.7 Å². The lowest BCUT2D eigenvalue weighted by Crippen LogP contribution is -2.45. The Kier molecular flexibility index (Phi) is 6.03. The number of piperidine rings is 1. The molecule has 3 aromatic rings. The van der Waals surface area contributed by atoms with Crippen LogP contribution < -0.4 is 10.6 Å². The fourth-order valence-corrected chi connectivity index (χ4v) is 5.73. The molecule has 2 N–H and O–H groups in total. The fourth-order valence-electron chi connectivity index (χ4n) is 4.53. The number of halogens is 1. The van der Waals surface area contributed by atoms with Gasteiger partial charge in [0.25, 0.3) is 5.91 Å². The Morgan fingerprint density at radius 2 is 2.10 bits per heavy atom. The van der Waals surface area contributed by atoms with Gasteiger partial charge in [-0.2, -0.15) is 0 Å². The summed E-state index contributed by atoms with van der Waals surface area (Å²) in [7, 11) is 0. The van der Waals surface area contributed by atoms with E-state index in [-0.39, 0.29) is 11.9 Å². The molecule has 2 aliphatic rings. The quantitative estimate of drug-likeness (QED) is 0.576. The van der Waals surface area contributed by atoms with Crippen LogP contribution in [-0.2, 0) is 11.2 Å². The molecule has 160 valence electrons. The molecule has 0 saturated carbocycles. The number of pyridine rings is 1. The van der Waals surface area contributed by atoms with Crippen molar-refractivity contribution >= 4 is 41.0 Å². The Labute approximate surface area is 191 Å². The van der Waals surface area contributed by atoms with Crippen molar-refractivity contribution in [2.24, 2.45) is 5.92 Å². The van der Waals surface area contributed by atoms with Crippen LogP contribution >= 0.6 is 23.4 Å². The minimum atomic E-state index is 0.00378. The van der Waals surface area contributed by atoms with Crippen LogP contribution in [0.4, 0.5) is 0 Å². The van der Waals surface area contributed by atoms with Crippen LogP contribution in [0.1, 0.15) is 30.5 Å². The number of thioether (sulfide) groups is 1. The SMILES string of the molecule is O=C(NC(CCc1cccc(Cl)c1)C1CCNCC1)C1=Cc2cnc3cccc(n23)S1. The van der Waals surface area contributed by atoms with Gasteiger partial charge < -0.3 is 10.6 Å². The first-order valence-electron chi connectivity index (χ1n) is 10.8. The van der Waals surface area contributed by atoms with Crippen molar-refractivity contribution in [1.29, 1.82) is 0 Å². The van der Waals surface area contributed by atoms with E-state index < -0.39 is 0 Å². The van der Waals surface area contributed by atoms with Gasteiger partial charge in [0.15, 0.2) is 0 Å². The van der Waals surface area contributed by atoms with Crippen molar-refractivity contribution in [2.45, 2.75) is 36.8 Å². The van der Waals surface area contributed by atoms with E-state index >= 15 is 0 Å². The molecule has 1 saturated heterocycles. The van der Waals surface area contributed by atoms with Crippen LogP contribution in [0, 0.1) is 5.92 Å². The fraction of sp³-hybridized carbons (Fsp3) is 0.333. The van der Waals surface area contributed by atoms with E-state index in [9.17, 15) is 4.79 Å². The molecular weight excluding hydrogens is 428 g/mol. The summed E-state index contributed by atoms with van der Waals surface area (Å²) in [6, 6.07) is 14.1. The first kappa shape index (κ1) is 20.6. The van der Waals surface area contributed by atoms with Crippen LogP contribution in [0.2, 0.25) is 5.02 Å². The molecule has 0 aliphatic carbocycles. The summed E-state index contributed by atoms with van der Waals surface area (Å²) in [5, 5.41) is 8.59. The van der Waals surface area contributed by atoms with Gasteiger partial charge in [-0.15, -0.1) is 0 Å². The summed E-state index contributed by atoms with van der Waals surface area (Å²) in [4.78, 5) is 18.5. The predicted molar refractivity (Wildman–Crippen MR) is 126 cm³/mol. The zero-order chi connectivity index (χ0) is 21.2. The van der Waals surface area contributed by atoms with Gasteiger partial charge in [0.2, 0.25) is 0 Å². The van der Waals surface area contributed by atoms with Crippen LogP contribution in [0.15, 0.2) is 58.6 Å². The molecule has 1 fully saturated rings. The molecule has 4 heterocycles. The average molecular weight is 453 g/mol. The topological polar surface area (TPSA) is 58.4 Å². The highest BCUT2D eigenvalue weighted by Crippen LogP contribution is 2.34. The molecular formula is C24H25ClN4OS. The van der Waals surface area contributed by atoms with Crippen LogP contribution in [-0.4, -0.2) is 34.4 Å². The molecule has 2 aromatic heterocycles. The predicted octanol–water partition coefficient (Wildman–Crippen LogP) is 4.55. The number of carbonyl (C=O) groups excluding carboxylic acids is 1. The molecule has 5 rings (SSSR count). The van der Waals surface area contributed by atoms with E-state index in [0.29, 0.717) is 5.92 Å². The van der Waals surface area contributed by atoms with E-state index in [4.69, 9.17) is 11.6 Å². The highest BCUT2D eigenvalue weighted by atomic mass is 35.5. The average Bonchev–Trinajstić information content (AvgIpc) is 3.22. The lowest BCUT2D eigenvalue weighted by atomic mass is 9.86. The third kappa shape index (κ3) is 4.52. The number of hydrogen-bond donors (Lipinski definition) is 2. The van der Waals surface area contributed by atoms with Gasteiger partial charge in [-0.05, 0) is 80.6 Å². The normalized spacial score (nSPS) is 17.4. The lowest BCUT2D eigenvalue weighted by Gasteiger charge is -2.32. The van der Waals surface area contributed by atoms with E-state index in [0.717, 1.165) is 65.1 Å². The third-order valence-corrected chi connectivity index (χ3v) is 7.43. The molecule has 0 bridgehead atoms. The number of benzene rings is 1. The summed E-state index contributed by atoms with van der Waals surface area (Å²) >= 11 is 7.67. The molecule has 5 nitrogen and oxygen atoms in total. The number of carbonyl (C=O) groups is 1. The Morgan fingerprint density at radius 1 is 1.26 bits per heavy atom. The monoisotopic (exact) mass is 452 g/mol. The van der Waals surface area contributed by atoms with Crippen molar-refractivity contribution in [1.82, 2.24) is 20.0 Å². The Balaban J connectivity index is 1.33. The smallest absolute Gasteiger partial charge is 0.258 e. The zero-order valence-corrected chi connectivity index (χ0v) is 18.8. The van der Waals surface area contributed by atoms with Gasteiger partial charge in [0.1, 0.15) is 5.65 Å². The Bertz CT molecular complexity index is 1140. The maximum atomic E-state index is 13.3. The minimum absolute atomic E-state index is 0.00378. The highest BCUT2D eigenvalue weighted by molar-refractivity contribution is 8.04. The number of aromatic nitrogens is 2. The summed E-state index contributed by atoms with van der Waals surface area (Å²) < 4.78 is 2.09. The van der Waals surface area contributed by atoms with Gasteiger partial charge in [-0.1, -0.05) is 41.6 Å². The molecule has 1 aromatic carbocycles. The number of imidazole rings is 1. The maximum absolute atomic E-state index is 13.3. The largest absolute Gasteiger partial charge is 0.349 e. The number of aryl methyl sites for hydroxylation is 1. The summed E-state index contributed by atoms with van der Waals surface area (Å²) in [5.41, 5.74) is 3.07. The van der Waals surface area contributed by atoms with Gasteiger partial charge in [0, 0.05) is 11.1 Å². The van der Waals surface area contributed by atoms with Crippen molar-refractivity contribution in [2.75, 3.05) is 13.1 Å². The second kappa shape index (κ2) is 9.07. The van der Waals surface area contributed by atoms with Gasteiger partial charge in [0.05, 0.1) is 21.8 Å². The maximum Gasteiger partial charge on any atom is 0.258 e. The Hall–Kier alpha value is -2.28. The second-order valence-corrected chi connectivity index (χ2v) is 9.69. The molecule has 1 amide bonds. The van der Waals surface area contributed by atoms with Crippen molar-refractivity contribution < 1.29 is 4.79 Å². The number of hydrogen-bond acceptors (Lipinski definition) is 4. The minimum Gasteiger partial charge on any atom is -0.349 e. The molecule has 31 heavy (non-hydrogen) atoms. The molecule has 0 radical (unpaired) electrons. The van der Waals surface area contributed by atoms with Crippen LogP contribution in [0.3, 0.4) is 0 Å². The number of amides is 1. The molecule has 0 spiro atoms. The summed E-state index contributed by atoms with van der Waals surface area (Å²) in [6.45, 7) is 2.01.